The van der Waals surface area contributed by atoms with Crippen molar-refractivity contribution >= 4 is 17.4 Å². The zero-order chi connectivity index (χ0) is 10.5. The summed E-state index contributed by atoms with van der Waals surface area (Å²) in [5, 5.41) is 9.58. The first-order valence-electron chi connectivity index (χ1n) is 4.74. The van der Waals surface area contributed by atoms with E-state index in [4.69, 9.17) is 4.74 Å². The third-order valence-electron chi connectivity index (χ3n) is 2.08. The summed E-state index contributed by atoms with van der Waals surface area (Å²) in [7, 11) is 0. The SMILES string of the molecule is O=C(NCC1CNCCO1)c1cnns1. The van der Waals surface area contributed by atoms with Gasteiger partial charge in [0, 0.05) is 19.6 Å². The Hall–Kier alpha value is -1.05. The highest BCUT2D eigenvalue weighted by molar-refractivity contribution is 7.07. The highest BCUT2D eigenvalue weighted by Crippen LogP contribution is 2.01. The second-order valence-corrected chi connectivity index (χ2v) is 3.97. The fraction of sp³-hybridized carbons (Fsp3) is 0.625. The van der Waals surface area contributed by atoms with Crippen molar-refractivity contribution in [2.45, 2.75) is 6.10 Å². The van der Waals surface area contributed by atoms with Gasteiger partial charge >= 0.3 is 0 Å². The normalized spacial score (nSPS) is 21.2. The monoisotopic (exact) mass is 228 g/mol. The van der Waals surface area contributed by atoms with Crippen molar-refractivity contribution in [3.63, 3.8) is 0 Å². The van der Waals surface area contributed by atoms with Crippen molar-refractivity contribution in [1.82, 2.24) is 20.2 Å². The fourth-order valence-electron chi connectivity index (χ4n) is 1.31. The van der Waals surface area contributed by atoms with Gasteiger partial charge in [-0.25, -0.2) is 0 Å². The molecule has 2 heterocycles. The summed E-state index contributed by atoms with van der Waals surface area (Å²) >= 11 is 1.09. The van der Waals surface area contributed by atoms with Crippen molar-refractivity contribution in [3.8, 4) is 0 Å². The molecule has 1 saturated heterocycles. The lowest BCUT2D eigenvalue weighted by Gasteiger charge is -2.23. The zero-order valence-corrected chi connectivity index (χ0v) is 8.92. The van der Waals surface area contributed by atoms with Gasteiger partial charge in [-0.1, -0.05) is 4.49 Å². The largest absolute Gasteiger partial charge is 0.374 e. The maximum atomic E-state index is 11.5. The van der Waals surface area contributed by atoms with Crippen molar-refractivity contribution in [1.29, 1.82) is 0 Å². The molecule has 0 aliphatic carbocycles. The van der Waals surface area contributed by atoms with E-state index in [-0.39, 0.29) is 12.0 Å². The van der Waals surface area contributed by atoms with E-state index in [0.717, 1.165) is 24.6 Å². The molecule has 0 spiro atoms. The number of ether oxygens (including phenoxy) is 1. The van der Waals surface area contributed by atoms with E-state index >= 15 is 0 Å². The first kappa shape index (κ1) is 10.5. The molecular weight excluding hydrogens is 216 g/mol. The third kappa shape index (κ3) is 2.95. The Morgan fingerprint density at radius 1 is 1.80 bits per heavy atom. The Bertz CT molecular complexity index is 310. The number of nitrogens with one attached hydrogen (secondary N) is 2. The molecule has 2 rings (SSSR count). The summed E-state index contributed by atoms with van der Waals surface area (Å²) in [5.41, 5.74) is 0. The Morgan fingerprint density at radius 3 is 3.40 bits per heavy atom. The fourth-order valence-corrected chi connectivity index (χ4v) is 1.74. The first-order chi connectivity index (χ1) is 7.36. The van der Waals surface area contributed by atoms with Crippen molar-refractivity contribution in [2.24, 2.45) is 0 Å². The van der Waals surface area contributed by atoms with Crippen LogP contribution in [-0.2, 0) is 4.74 Å². The molecule has 2 N–H and O–H groups in total. The number of carbonyl (C=O) groups excluding carboxylic acids is 1. The molecule has 1 aromatic heterocycles. The van der Waals surface area contributed by atoms with Crippen LogP contribution in [0.2, 0.25) is 0 Å². The Balaban J connectivity index is 1.75. The summed E-state index contributed by atoms with van der Waals surface area (Å²) in [4.78, 5) is 12.0. The second kappa shape index (κ2) is 5.15. The van der Waals surface area contributed by atoms with Crippen LogP contribution in [0.4, 0.5) is 0 Å². The Kier molecular flexibility index (Phi) is 3.59. The maximum Gasteiger partial charge on any atom is 0.264 e. The molecule has 1 aliphatic rings. The molecule has 1 atom stereocenters. The van der Waals surface area contributed by atoms with Crippen LogP contribution < -0.4 is 10.6 Å². The molecule has 1 fully saturated rings. The summed E-state index contributed by atoms with van der Waals surface area (Å²) in [6, 6.07) is 0. The first-order valence-corrected chi connectivity index (χ1v) is 5.51. The van der Waals surface area contributed by atoms with Gasteiger partial charge in [0.05, 0.1) is 18.9 Å². The van der Waals surface area contributed by atoms with Gasteiger partial charge in [-0.3, -0.25) is 4.79 Å². The van der Waals surface area contributed by atoms with Crippen LogP contribution in [0.3, 0.4) is 0 Å². The molecule has 0 radical (unpaired) electrons. The molecule has 0 aromatic carbocycles. The minimum atomic E-state index is -0.140. The number of morpholine rings is 1. The van der Waals surface area contributed by atoms with Crippen LogP contribution in [0.5, 0.6) is 0 Å². The van der Waals surface area contributed by atoms with Crippen LogP contribution >= 0.6 is 11.5 Å². The molecule has 1 amide bonds. The third-order valence-corrected chi connectivity index (χ3v) is 2.74. The van der Waals surface area contributed by atoms with Crippen LogP contribution in [0.1, 0.15) is 9.67 Å². The van der Waals surface area contributed by atoms with Crippen LogP contribution in [0.25, 0.3) is 0 Å². The molecule has 6 nitrogen and oxygen atoms in total. The standard InChI is InChI=1S/C8H12N4O2S/c13-8(7-5-11-12-15-7)10-4-6-3-9-1-2-14-6/h5-6,9H,1-4H2,(H,10,13). The zero-order valence-electron chi connectivity index (χ0n) is 8.10. The van der Waals surface area contributed by atoms with E-state index in [1.54, 1.807) is 0 Å². The maximum absolute atomic E-state index is 11.5. The van der Waals surface area contributed by atoms with Crippen LogP contribution in [0, 0.1) is 0 Å². The minimum Gasteiger partial charge on any atom is -0.374 e. The number of carbonyl (C=O) groups is 1. The van der Waals surface area contributed by atoms with Gasteiger partial charge in [0.25, 0.3) is 5.91 Å². The number of rotatable bonds is 3. The molecule has 0 bridgehead atoms. The lowest BCUT2D eigenvalue weighted by atomic mass is 10.3. The summed E-state index contributed by atoms with van der Waals surface area (Å²) in [6.45, 7) is 2.87. The second-order valence-electron chi connectivity index (χ2n) is 3.19. The van der Waals surface area contributed by atoms with E-state index in [1.807, 2.05) is 0 Å². The number of amides is 1. The lowest BCUT2D eigenvalue weighted by Crippen LogP contribution is -2.45. The average molecular weight is 228 g/mol. The van der Waals surface area contributed by atoms with E-state index in [0.29, 0.717) is 18.0 Å². The topological polar surface area (TPSA) is 76.1 Å². The molecule has 7 heteroatoms. The quantitative estimate of drug-likeness (QED) is 0.712. The molecule has 0 saturated carbocycles. The number of hydrogen-bond acceptors (Lipinski definition) is 6. The van der Waals surface area contributed by atoms with E-state index in [2.05, 4.69) is 20.2 Å². The van der Waals surface area contributed by atoms with Crippen LogP contribution in [0.15, 0.2) is 6.20 Å². The van der Waals surface area contributed by atoms with Crippen molar-refractivity contribution < 1.29 is 9.53 Å². The van der Waals surface area contributed by atoms with Crippen molar-refractivity contribution in [2.75, 3.05) is 26.2 Å². The highest BCUT2D eigenvalue weighted by atomic mass is 32.1. The summed E-state index contributed by atoms with van der Waals surface area (Å²) in [6.07, 6.45) is 1.52. The lowest BCUT2D eigenvalue weighted by molar-refractivity contribution is 0.0287. The molecule has 1 aromatic rings. The predicted octanol–water partition coefficient (Wildman–Crippen LogP) is -0.744. The molecule has 1 unspecified atom stereocenters. The van der Waals surface area contributed by atoms with Crippen molar-refractivity contribution in [3.05, 3.63) is 11.1 Å². The highest BCUT2D eigenvalue weighted by Gasteiger charge is 2.15. The van der Waals surface area contributed by atoms with E-state index in [9.17, 15) is 4.79 Å². The average Bonchev–Trinajstić information content (AvgIpc) is 2.81. The van der Waals surface area contributed by atoms with Gasteiger partial charge in [0.1, 0.15) is 4.88 Å². The predicted molar refractivity (Wildman–Crippen MR) is 54.9 cm³/mol. The molecule has 15 heavy (non-hydrogen) atoms. The van der Waals surface area contributed by atoms with Gasteiger partial charge in [-0.2, -0.15) is 0 Å². The van der Waals surface area contributed by atoms with Crippen LogP contribution in [-0.4, -0.2) is 47.8 Å². The van der Waals surface area contributed by atoms with Gasteiger partial charge in [-0.05, 0) is 11.5 Å². The van der Waals surface area contributed by atoms with E-state index in [1.165, 1.54) is 6.20 Å². The number of aromatic nitrogens is 2. The summed E-state index contributed by atoms with van der Waals surface area (Å²) in [5.74, 6) is -0.140. The molecule has 82 valence electrons. The Morgan fingerprint density at radius 2 is 2.73 bits per heavy atom. The van der Waals surface area contributed by atoms with Gasteiger partial charge < -0.3 is 15.4 Å². The van der Waals surface area contributed by atoms with Gasteiger partial charge in [0.2, 0.25) is 0 Å². The smallest absolute Gasteiger partial charge is 0.264 e. The number of hydrogen-bond donors (Lipinski definition) is 2. The van der Waals surface area contributed by atoms with Gasteiger partial charge in [0.15, 0.2) is 0 Å². The molecular formula is C8H12N4O2S. The number of nitrogens with zero attached hydrogens (tertiary/aromatic N) is 2. The minimum absolute atomic E-state index is 0.0589. The Labute approximate surface area is 91.2 Å². The molecule has 1 aliphatic heterocycles. The van der Waals surface area contributed by atoms with E-state index < -0.39 is 0 Å². The van der Waals surface area contributed by atoms with Gasteiger partial charge in [-0.15, -0.1) is 5.10 Å². The summed E-state index contributed by atoms with van der Waals surface area (Å²) < 4.78 is 9.07.